The van der Waals surface area contributed by atoms with E-state index < -0.39 is 0 Å². The molecule has 46 heavy (non-hydrogen) atoms. The van der Waals surface area contributed by atoms with Gasteiger partial charge in [-0.05, 0) is 17.4 Å². The van der Waals surface area contributed by atoms with Gasteiger partial charge in [0, 0.05) is 0 Å². The van der Waals surface area contributed by atoms with Crippen LogP contribution in [-0.2, 0) is 41.5 Å². The molecule has 0 aromatic heterocycles. The van der Waals surface area contributed by atoms with Crippen LogP contribution in [0.4, 0.5) is 0 Å². The van der Waals surface area contributed by atoms with Crippen molar-refractivity contribution in [2.75, 3.05) is 0 Å². The minimum atomic E-state index is 0. The fraction of sp³-hybridized carbons (Fsp3) is 0.558. The molecule has 0 radical (unpaired) electrons. The van der Waals surface area contributed by atoms with Gasteiger partial charge in [-0.25, -0.2) is 12.2 Å². The van der Waals surface area contributed by atoms with Crippen molar-refractivity contribution in [2.45, 2.75) is 143 Å². The van der Waals surface area contributed by atoms with Crippen molar-refractivity contribution < 1.29 is 24.2 Å². The molecule has 0 aliphatic heterocycles. The first-order chi connectivity index (χ1) is 21.0. The van der Waals surface area contributed by atoms with Crippen LogP contribution in [0.5, 0.6) is 0 Å². The second kappa shape index (κ2) is 23.6. The summed E-state index contributed by atoms with van der Waals surface area (Å²) in [6.45, 7) is 18.0. The second-order valence-electron chi connectivity index (χ2n) is 14.8. The van der Waals surface area contributed by atoms with E-state index in [4.69, 9.17) is 0 Å². The zero-order chi connectivity index (χ0) is 32.6. The van der Waals surface area contributed by atoms with Crippen LogP contribution >= 0.6 is 24.8 Å². The van der Waals surface area contributed by atoms with E-state index in [0.717, 1.165) is 24.7 Å². The van der Waals surface area contributed by atoms with Crippen molar-refractivity contribution in [1.29, 1.82) is 0 Å². The van der Waals surface area contributed by atoms with E-state index in [2.05, 4.69) is 121 Å². The summed E-state index contributed by atoms with van der Waals surface area (Å²) in [5.41, 5.74) is 8.76. The molecule has 0 saturated heterocycles. The van der Waals surface area contributed by atoms with Crippen molar-refractivity contribution in [3.8, 4) is 11.1 Å². The van der Waals surface area contributed by atoms with Crippen LogP contribution in [-0.4, -0.2) is 4.21 Å². The van der Waals surface area contributed by atoms with E-state index in [1.165, 1.54) is 122 Å². The van der Waals surface area contributed by atoms with E-state index in [9.17, 15) is 0 Å². The quantitative estimate of drug-likeness (QED) is 0.229. The molecule has 4 aliphatic carbocycles. The van der Waals surface area contributed by atoms with Crippen molar-refractivity contribution in [1.82, 2.24) is 0 Å². The Kier molecular flexibility index (Phi) is 23.2. The number of hydrogen-bond donors (Lipinski definition) is 0. The van der Waals surface area contributed by atoms with Gasteiger partial charge in [0.2, 0.25) is 0 Å². The molecule has 4 aliphatic rings. The predicted molar refractivity (Wildman–Crippen MR) is 207 cm³/mol. The zero-order valence-electron chi connectivity index (χ0n) is 30.4. The van der Waals surface area contributed by atoms with Crippen molar-refractivity contribution in [3.63, 3.8) is 0 Å². The van der Waals surface area contributed by atoms with Crippen LogP contribution in [0.25, 0.3) is 11.1 Å². The van der Waals surface area contributed by atoms with Crippen LogP contribution in [0.3, 0.4) is 0 Å². The average Bonchev–Trinajstić information content (AvgIpc) is 3.74. The Hall–Kier alpha value is -0.747. The van der Waals surface area contributed by atoms with Crippen molar-refractivity contribution >= 4 is 29.0 Å². The van der Waals surface area contributed by atoms with Crippen LogP contribution in [0.1, 0.15) is 148 Å². The molecule has 2 aromatic rings. The summed E-state index contributed by atoms with van der Waals surface area (Å²) in [6, 6.07) is 15.1. The van der Waals surface area contributed by atoms with Crippen molar-refractivity contribution in [2.24, 2.45) is 11.8 Å². The van der Waals surface area contributed by atoms with Gasteiger partial charge in [-0.2, -0.15) is 61.1 Å². The van der Waals surface area contributed by atoms with Gasteiger partial charge in [-0.15, -0.1) is 36.8 Å². The third-order valence-electron chi connectivity index (χ3n) is 9.35. The molecule has 0 spiro atoms. The van der Waals surface area contributed by atoms with E-state index in [1.807, 2.05) is 12.2 Å². The molecule has 0 heterocycles. The molecular formula is C43H64Cl2Zr-4. The SMILES string of the molecule is CC(C)(C)c1c[c-]c2c(c1)-c1cc(C(C)(C)C)ccc1C2.C[CH-]C1CCCCC1.C[CH-]C1CCCCC1.Cl.Cl.[C-]1=CC=CC1.[CH2]=[Zr]. The van der Waals surface area contributed by atoms with Gasteiger partial charge in [0.25, 0.3) is 0 Å². The van der Waals surface area contributed by atoms with E-state index in [1.54, 1.807) is 0 Å². The van der Waals surface area contributed by atoms with Gasteiger partial charge >= 0.3 is 28.4 Å². The number of hydrogen-bond acceptors (Lipinski definition) is 0. The summed E-state index contributed by atoms with van der Waals surface area (Å²) in [6.07, 6.45) is 30.4. The number of benzene rings is 2. The first-order valence-corrected chi connectivity index (χ1v) is 19.1. The third kappa shape index (κ3) is 15.6. The molecule has 3 heteroatoms. The Labute approximate surface area is 313 Å². The van der Waals surface area contributed by atoms with Gasteiger partial charge in [0.05, 0.1) is 0 Å². The predicted octanol–water partition coefficient (Wildman–Crippen LogP) is 13.3. The number of rotatable bonds is 2. The first kappa shape index (κ1) is 45.3. The maximum absolute atomic E-state index is 3.53. The number of fused-ring (bicyclic) bond motifs is 3. The van der Waals surface area contributed by atoms with Crippen LogP contribution in [0.2, 0.25) is 0 Å². The molecule has 0 amide bonds. The Morgan fingerprint density at radius 1 is 0.717 bits per heavy atom. The third-order valence-corrected chi connectivity index (χ3v) is 9.35. The fourth-order valence-electron chi connectivity index (χ4n) is 6.26. The van der Waals surface area contributed by atoms with Gasteiger partial charge in [0.1, 0.15) is 0 Å². The summed E-state index contributed by atoms with van der Waals surface area (Å²) in [4.78, 5) is 0. The molecule has 0 bridgehead atoms. The molecule has 258 valence electrons. The standard InChI is InChI=1S/C21H25.2C8H15.C5H5.CH2.2ClH.Zr/c1-20(2,3)16-9-7-14-11-15-8-10-17(21(4,5)6)13-19(15)18(14)12-16;2*1-2-8-6-4-3-5-7-8;1-2-4-5-3-1;;;;/h7,9-10,12-13H,11H2,1-6H3;2*2,8H,3-7H2,1H3;1-3H,4H2;1H2;2*1H;/q4*-1;;;;. The Morgan fingerprint density at radius 3 is 1.59 bits per heavy atom. The first-order valence-electron chi connectivity index (χ1n) is 17.4. The summed E-state index contributed by atoms with van der Waals surface area (Å²) in [5.74, 6) is 1.92. The molecule has 0 N–H and O–H groups in total. The van der Waals surface area contributed by atoms with E-state index in [0.29, 0.717) is 0 Å². The summed E-state index contributed by atoms with van der Waals surface area (Å²) >= 11 is 1.30. The van der Waals surface area contributed by atoms with Gasteiger partial charge in [-0.1, -0.05) is 140 Å². The molecule has 0 unspecified atom stereocenters. The second-order valence-corrected chi connectivity index (χ2v) is 14.8. The van der Waals surface area contributed by atoms with E-state index >= 15 is 0 Å². The Bertz CT molecular complexity index is 1060. The summed E-state index contributed by atoms with van der Waals surface area (Å²) in [5, 5.41) is 0. The van der Waals surface area contributed by atoms with Crippen molar-refractivity contribution in [3.05, 3.63) is 95.8 Å². The number of halogens is 2. The van der Waals surface area contributed by atoms with E-state index in [-0.39, 0.29) is 35.6 Å². The zero-order valence-corrected chi connectivity index (χ0v) is 34.5. The van der Waals surface area contributed by atoms with Gasteiger partial charge in [0.15, 0.2) is 0 Å². The Morgan fingerprint density at radius 2 is 1.22 bits per heavy atom. The maximum atomic E-state index is 3.53. The number of allylic oxidation sites excluding steroid dienone is 4. The normalized spacial score (nSPS) is 16.6. The molecule has 2 fully saturated rings. The van der Waals surface area contributed by atoms with Crippen LogP contribution in [0, 0.1) is 36.8 Å². The minimum absolute atomic E-state index is 0. The summed E-state index contributed by atoms with van der Waals surface area (Å²) in [7, 11) is 0. The Balaban J connectivity index is 0.000000669. The molecule has 6 rings (SSSR count). The topological polar surface area (TPSA) is 0 Å². The molecule has 2 saturated carbocycles. The van der Waals surface area contributed by atoms with Gasteiger partial charge in [-0.3, -0.25) is 6.08 Å². The monoisotopic (exact) mass is 740 g/mol. The van der Waals surface area contributed by atoms with Crippen LogP contribution in [0.15, 0.2) is 48.6 Å². The van der Waals surface area contributed by atoms with Crippen LogP contribution < -0.4 is 0 Å². The molecule has 0 nitrogen and oxygen atoms in total. The molecular weight excluding hydrogens is 679 g/mol. The summed E-state index contributed by atoms with van der Waals surface area (Å²) < 4.78 is 3.34. The average molecular weight is 743 g/mol. The molecule has 2 aromatic carbocycles. The fourth-order valence-corrected chi connectivity index (χ4v) is 6.26. The molecule has 0 atom stereocenters. The van der Waals surface area contributed by atoms with Gasteiger partial charge < -0.3 is 12.8 Å².